The van der Waals surface area contributed by atoms with Crippen molar-refractivity contribution in [3.63, 3.8) is 0 Å². The van der Waals surface area contributed by atoms with Crippen LogP contribution in [0.5, 0.6) is 0 Å². The van der Waals surface area contributed by atoms with Gasteiger partial charge in [-0.2, -0.15) is 0 Å². The average molecular weight is 320 g/mol. The number of likely N-dealkylation sites (tertiary alicyclic amines) is 1. The summed E-state index contributed by atoms with van der Waals surface area (Å²) in [5.41, 5.74) is 1.37. The summed E-state index contributed by atoms with van der Waals surface area (Å²) < 4.78 is 25.2. The number of sulfonamides is 1. The third-order valence-electron chi connectivity index (χ3n) is 4.84. The molecule has 0 bridgehead atoms. The van der Waals surface area contributed by atoms with Crippen molar-refractivity contribution in [2.75, 3.05) is 24.1 Å². The number of hydrogen-bond donors (Lipinski definition) is 1. The van der Waals surface area contributed by atoms with E-state index in [4.69, 9.17) is 0 Å². The summed E-state index contributed by atoms with van der Waals surface area (Å²) in [6.45, 7) is 7.11. The molecule has 3 rings (SSSR count). The van der Waals surface area contributed by atoms with Crippen molar-refractivity contribution >= 4 is 21.6 Å². The Morgan fingerprint density at radius 1 is 1.50 bits per heavy atom. The van der Waals surface area contributed by atoms with E-state index in [0.29, 0.717) is 18.2 Å². The number of nitrogens with one attached hydrogen (secondary N) is 1. The zero-order valence-corrected chi connectivity index (χ0v) is 13.6. The summed E-state index contributed by atoms with van der Waals surface area (Å²) in [7, 11) is -3.30. The number of amides is 1. The molecule has 1 aliphatic carbocycles. The zero-order valence-electron chi connectivity index (χ0n) is 12.7. The van der Waals surface area contributed by atoms with Crippen LogP contribution < -0.4 is 4.72 Å². The highest BCUT2D eigenvalue weighted by atomic mass is 32.2. The van der Waals surface area contributed by atoms with Crippen molar-refractivity contribution in [2.45, 2.75) is 12.3 Å². The van der Waals surface area contributed by atoms with E-state index >= 15 is 0 Å². The fourth-order valence-corrected chi connectivity index (χ4v) is 4.25. The van der Waals surface area contributed by atoms with Crippen LogP contribution in [-0.4, -0.2) is 38.6 Å². The zero-order chi connectivity index (χ0) is 16.1. The summed E-state index contributed by atoms with van der Waals surface area (Å²) in [5.74, 6) is 0.475. The topological polar surface area (TPSA) is 66.5 Å². The summed E-state index contributed by atoms with van der Waals surface area (Å²) >= 11 is 0. The van der Waals surface area contributed by atoms with Crippen molar-refractivity contribution in [3.8, 4) is 0 Å². The van der Waals surface area contributed by atoms with Crippen LogP contribution in [0.2, 0.25) is 0 Å². The Labute approximate surface area is 131 Å². The van der Waals surface area contributed by atoms with Gasteiger partial charge < -0.3 is 4.90 Å². The van der Waals surface area contributed by atoms with Crippen molar-refractivity contribution in [2.24, 2.45) is 11.8 Å². The number of piperidine rings is 1. The maximum atomic E-state index is 12.4. The first-order valence-corrected chi connectivity index (χ1v) is 9.14. The minimum atomic E-state index is -3.30. The van der Waals surface area contributed by atoms with Gasteiger partial charge >= 0.3 is 0 Å². The first-order valence-electron chi connectivity index (χ1n) is 7.25. The van der Waals surface area contributed by atoms with Crippen LogP contribution in [0.15, 0.2) is 36.9 Å². The Bertz CT molecular complexity index is 744. The van der Waals surface area contributed by atoms with Crippen molar-refractivity contribution in [3.05, 3.63) is 42.5 Å². The van der Waals surface area contributed by atoms with E-state index in [9.17, 15) is 13.2 Å². The molecule has 0 spiro atoms. The van der Waals surface area contributed by atoms with Crippen LogP contribution in [-0.2, 0) is 20.2 Å². The molecule has 22 heavy (non-hydrogen) atoms. The second-order valence-corrected chi connectivity index (χ2v) is 8.10. The molecule has 1 aromatic rings. The van der Waals surface area contributed by atoms with Gasteiger partial charge in [0, 0.05) is 24.2 Å². The fourth-order valence-electron chi connectivity index (χ4n) is 3.70. The maximum Gasteiger partial charge on any atom is 0.229 e. The molecule has 1 heterocycles. The molecular weight excluding hydrogens is 300 g/mol. The van der Waals surface area contributed by atoms with Gasteiger partial charge in [0.05, 0.1) is 12.2 Å². The largest absolute Gasteiger partial charge is 0.338 e. The Morgan fingerprint density at radius 3 is 2.77 bits per heavy atom. The number of nitrogens with zero attached hydrogens (tertiary/aromatic N) is 1. The number of rotatable bonds is 5. The normalized spacial score (nSPS) is 30.1. The van der Waals surface area contributed by atoms with Crippen molar-refractivity contribution < 1.29 is 13.2 Å². The van der Waals surface area contributed by atoms with Gasteiger partial charge in [-0.1, -0.05) is 25.1 Å². The van der Waals surface area contributed by atoms with E-state index in [0.717, 1.165) is 18.4 Å². The lowest BCUT2D eigenvalue weighted by Gasteiger charge is -2.23. The standard InChI is InChI=1S/C16H20N2O3S/c1-4-8-18-10-13-14(15(18)19)16(13,2)11-6-5-7-12(9-11)17-22(3,20)21/h4-7,9,13-14,17H,1,8,10H2,2-3H3. The third-order valence-corrected chi connectivity index (χ3v) is 5.45. The lowest BCUT2D eigenvalue weighted by atomic mass is 9.92. The Kier molecular flexibility index (Phi) is 3.32. The van der Waals surface area contributed by atoms with Gasteiger partial charge in [0.2, 0.25) is 15.9 Å². The number of hydrogen-bond acceptors (Lipinski definition) is 3. The molecule has 1 aromatic carbocycles. The van der Waals surface area contributed by atoms with Crippen molar-refractivity contribution in [1.82, 2.24) is 4.90 Å². The van der Waals surface area contributed by atoms with Gasteiger partial charge in [0.1, 0.15) is 0 Å². The lowest BCUT2D eigenvalue weighted by molar-refractivity contribution is -0.130. The molecule has 2 aliphatic rings. The maximum absolute atomic E-state index is 12.4. The highest BCUT2D eigenvalue weighted by Gasteiger charge is 2.70. The number of carbonyl (C=O) groups excluding carboxylic acids is 1. The minimum absolute atomic E-state index is 0.000865. The molecule has 6 heteroatoms. The molecule has 2 fully saturated rings. The van der Waals surface area contributed by atoms with Crippen LogP contribution in [0.3, 0.4) is 0 Å². The van der Waals surface area contributed by atoms with E-state index in [2.05, 4.69) is 18.2 Å². The number of anilines is 1. The summed E-state index contributed by atoms with van der Waals surface area (Å²) in [4.78, 5) is 14.2. The first kappa shape index (κ1) is 15.1. The quantitative estimate of drug-likeness (QED) is 0.838. The average Bonchev–Trinajstić information content (AvgIpc) is 2.86. The van der Waals surface area contributed by atoms with Crippen molar-refractivity contribution in [1.29, 1.82) is 0 Å². The Morgan fingerprint density at radius 2 is 2.23 bits per heavy atom. The Hall–Kier alpha value is -1.82. The molecule has 118 valence electrons. The van der Waals surface area contributed by atoms with Gasteiger partial charge in [-0.05, 0) is 23.6 Å². The SMILES string of the molecule is C=CCN1CC2C(C1=O)C2(C)c1cccc(NS(C)(=O)=O)c1. The van der Waals surface area contributed by atoms with E-state index in [1.165, 1.54) is 0 Å². The predicted molar refractivity (Wildman–Crippen MR) is 86.0 cm³/mol. The molecule has 1 amide bonds. The summed E-state index contributed by atoms with van der Waals surface area (Å²) in [6, 6.07) is 7.35. The van der Waals surface area contributed by atoms with Gasteiger partial charge in [-0.15, -0.1) is 6.58 Å². The third kappa shape index (κ3) is 2.31. The molecule has 3 atom stereocenters. The lowest BCUT2D eigenvalue weighted by Crippen LogP contribution is -2.33. The highest BCUT2D eigenvalue weighted by molar-refractivity contribution is 7.92. The van der Waals surface area contributed by atoms with E-state index < -0.39 is 10.0 Å². The fraction of sp³-hybridized carbons (Fsp3) is 0.438. The highest BCUT2D eigenvalue weighted by Crippen LogP contribution is 2.63. The molecule has 1 N–H and O–H groups in total. The Balaban J connectivity index is 1.84. The second-order valence-electron chi connectivity index (χ2n) is 6.35. The molecular formula is C16H20N2O3S. The van der Waals surface area contributed by atoms with E-state index in [1.54, 1.807) is 12.1 Å². The second kappa shape index (κ2) is 4.84. The summed E-state index contributed by atoms with van der Waals surface area (Å²) in [6.07, 6.45) is 2.88. The van der Waals surface area contributed by atoms with Gasteiger partial charge in [-0.3, -0.25) is 9.52 Å². The molecule has 1 saturated carbocycles. The molecule has 5 nitrogen and oxygen atoms in total. The van der Waals surface area contributed by atoms with Gasteiger partial charge in [-0.25, -0.2) is 8.42 Å². The molecule has 1 saturated heterocycles. The molecule has 0 aromatic heterocycles. The molecule has 1 aliphatic heterocycles. The summed E-state index contributed by atoms with van der Waals surface area (Å²) in [5, 5.41) is 0. The monoisotopic (exact) mass is 320 g/mol. The van der Waals surface area contributed by atoms with E-state index in [-0.39, 0.29) is 17.2 Å². The van der Waals surface area contributed by atoms with Gasteiger partial charge in [0.15, 0.2) is 0 Å². The van der Waals surface area contributed by atoms with Gasteiger partial charge in [0.25, 0.3) is 0 Å². The number of benzene rings is 1. The van der Waals surface area contributed by atoms with E-state index in [1.807, 2.05) is 23.1 Å². The first-order chi connectivity index (χ1) is 10.3. The van der Waals surface area contributed by atoms with Crippen LogP contribution in [0, 0.1) is 11.8 Å². The van der Waals surface area contributed by atoms with Crippen LogP contribution >= 0.6 is 0 Å². The predicted octanol–water partition coefficient (Wildman–Crippen LogP) is 1.59. The smallest absolute Gasteiger partial charge is 0.229 e. The van der Waals surface area contributed by atoms with Crippen LogP contribution in [0.4, 0.5) is 5.69 Å². The number of carbonyl (C=O) groups is 1. The molecule has 3 unspecified atom stereocenters. The van der Waals surface area contributed by atoms with Crippen LogP contribution in [0.25, 0.3) is 0 Å². The van der Waals surface area contributed by atoms with Crippen LogP contribution in [0.1, 0.15) is 12.5 Å². The number of fused-ring (bicyclic) bond motifs is 1. The molecule has 0 radical (unpaired) electrons. The minimum Gasteiger partial charge on any atom is -0.338 e.